The zero-order valence-corrected chi connectivity index (χ0v) is 11.5. The average Bonchev–Trinajstić information content (AvgIpc) is 2.78. The minimum absolute atomic E-state index is 0.0637. The number of rotatable bonds is 0. The van der Waals surface area contributed by atoms with Gasteiger partial charge in [-0.25, -0.2) is 4.39 Å². The van der Waals surface area contributed by atoms with Crippen molar-refractivity contribution in [3.8, 4) is 0 Å². The Balaban J connectivity index is 0.000000160. The van der Waals surface area contributed by atoms with Crippen LogP contribution in [0.15, 0.2) is 48.7 Å². The molecular weight excluding hydrogens is 279 g/mol. The Morgan fingerprint density at radius 3 is 2.60 bits per heavy atom. The number of hydrogen-bond acceptors (Lipinski definition) is 2. The molecular formula is C15H12ClFN2O. The van der Waals surface area contributed by atoms with Crippen LogP contribution in [0.2, 0.25) is 5.02 Å². The lowest BCUT2D eigenvalue weighted by Gasteiger charge is -1.92. The molecule has 0 saturated carbocycles. The first kappa shape index (κ1) is 14.2. The lowest BCUT2D eigenvalue weighted by Crippen LogP contribution is -2.03. The summed E-state index contributed by atoms with van der Waals surface area (Å²) < 4.78 is 12.2. The summed E-state index contributed by atoms with van der Waals surface area (Å²) in [5.41, 5.74) is 2.21. The molecule has 0 unspecified atom stereocenters. The molecule has 3 nitrogen and oxygen atoms in total. The van der Waals surface area contributed by atoms with E-state index >= 15 is 0 Å². The lowest BCUT2D eigenvalue weighted by atomic mass is 10.2. The van der Waals surface area contributed by atoms with Crippen molar-refractivity contribution in [2.45, 2.75) is 6.92 Å². The van der Waals surface area contributed by atoms with E-state index in [-0.39, 0.29) is 16.7 Å². The molecule has 1 amide bonds. The van der Waals surface area contributed by atoms with Crippen LogP contribution in [0.4, 0.5) is 10.1 Å². The van der Waals surface area contributed by atoms with Crippen LogP contribution in [0.1, 0.15) is 12.6 Å². The highest BCUT2D eigenvalue weighted by molar-refractivity contribution is 6.31. The molecule has 0 fully saturated rings. The minimum atomic E-state index is -0.367. The minimum Gasteiger partial charge on any atom is -0.320 e. The van der Waals surface area contributed by atoms with Crippen LogP contribution in [-0.4, -0.2) is 10.9 Å². The molecule has 0 bridgehead atoms. The monoisotopic (exact) mass is 290 g/mol. The van der Waals surface area contributed by atoms with Gasteiger partial charge in [0.15, 0.2) is 0 Å². The number of allylic oxidation sites excluding steroid dienone is 1. The Hall–Kier alpha value is -2.20. The molecule has 1 aromatic heterocycles. The summed E-state index contributed by atoms with van der Waals surface area (Å²) >= 11 is 5.33. The largest absolute Gasteiger partial charge is 0.320 e. The van der Waals surface area contributed by atoms with Gasteiger partial charge in [-0.2, -0.15) is 0 Å². The Morgan fingerprint density at radius 1 is 1.25 bits per heavy atom. The SMILES string of the molecule is C/C=C1/C(=O)Nc2cccnc21.Fc1ccccc1Cl. The molecule has 1 aromatic carbocycles. The fraction of sp³-hybridized carbons (Fsp3) is 0.0667. The van der Waals surface area contributed by atoms with Gasteiger partial charge in [0.1, 0.15) is 5.82 Å². The van der Waals surface area contributed by atoms with Gasteiger partial charge in [-0.3, -0.25) is 9.78 Å². The second kappa shape index (κ2) is 6.30. The topological polar surface area (TPSA) is 42.0 Å². The van der Waals surface area contributed by atoms with Crippen LogP contribution in [0.3, 0.4) is 0 Å². The number of nitrogens with one attached hydrogen (secondary N) is 1. The zero-order valence-electron chi connectivity index (χ0n) is 10.7. The maximum Gasteiger partial charge on any atom is 0.257 e. The van der Waals surface area contributed by atoms with E-state index in [0.717, 1.165) is 11.4 Å². The Morgan fingerprint density at radius 2 is 2.00 bits per heavy atom. The van der Waals surface area contributed by atoms with E-state index in [4.69, 9.17) is 11.6 Å². The third-order valence-electron chi connectivity index (χ3n) is 2.67. The van der Waals surface area contributed by atoms with Crippen molar-refractivity contribution in [2.75, 3.05) is 5.32 Å². The van der Waals surface area contributed by atoms with Crippen LogP contribution in [0, 0.1) is 5.82 Å². The highest BCUT2D eigenvalue weighted by atomic mass is 35.5. The van der Waals surface area contributed by atoms with E-state index in [1.807, 2.05) is 13.0 Å². The smallest absolute Gasteiger partial charge is 0.257 e. The molecule has 0 radical (unpaired) electrons. The van der Waals surface area contributed by atoms with Gasteiger partial charge in [0.25, 0.3) is 5.91 Å². The molecule has 1 aliphatic rings. The van der Waals surface area contributed by atoms with Gasteiger partial charge >= 0.3 is 0 Å². The van der Waals surface area contributed by atoms with Gasteiger partial charge in [0, 0.05) is 6.20 Å². The number of pyridine rings is 1. The average molecular weight is 291 g/mol. The first-order chi connectivity index (χ1) is 9.63. The lowest BCUT2D eigenvalue weighted by molar-refractivity contribution is -0.110. The van der Waals surface area contributed by atoms with Crippen LogP contribution in [-0.2, 0) is 4.79 Å². The van der Waals surface area contributed by atoms with E-state index in [1.165, 1.54) is 12.1 Å². The predicted octanol–water partition coefficient (Wildman–Crippen LogP) is 3.92. The maximum atomic E-state index is 12.2. The van der Waals surface area contributed by atoms with E-state index in [1.54, 1.807) is 30.5 Å². The number of benzene rings is 1. The summed E-state index contributed by atoms with van der Waals surface area (Å²) in [5.74, 6) is -0.430. The third-order valence-corrected chi connectivity index (χ3v) is 2.98. The van der Waals surface area contributed by atoms with Gasteiger partial charge in [-0.15, -0.1) is 0 Å². The molecule has 3 rings (SSSR count). The summed E-state index contributed by atoms with van der Waals surface area (Å²) in [7, 11) is 0. The van der Waals surface area contributed by atoms with Crippen molar-refractivity contribution in [3.05, 3.63) is 65.2 Å². The van der Waals surface area contributed by atoms with Crippen LogP contribution in [0.25, 0.3) is 5.57 Å². The Kier molecular flexibility index (Phi) is 4.48. The molecule has 0 saturated heterocycles. The molecule has 0 aliphatic carbocycles. The number of hydrogen-bond donors (Lipinski definition) is 1. The molecule has 5 heteroatoms. The van der Waals surface area contributed by atoms with E-state index < -0.39 is 0 Å². The summed E-state index contributed by atoms with van der Waals surface area (Å²) in [6.07, 6.45) is 3.46. The van der Waals surface area contributed by atoms with Crippen LogP contribution < -0.4 is 5.32 Å². The quantitative estimate of drug-likeness (QED) is 0.747. The highest BCUT2D eigenvalue weighted by Gasteiger charge is 2.23. The van der Waals surface area contributed by atoms with Crippen LogP contribution >= 0.6 is 11.6 Å². The fourth-order valence-electron chi connectivity index (χ4n) is 1.73. The molecule has 2 aromatic rings. The number of carbonyl (C=O) groups is 1. The predicted molar refractivity (Wildman–Crippen MR) is 77.9 cm³/mol. The van der Waals surface area contributed by atoms with Crippen molar-refractivity contribution < 1.29 is 9.18 Å². The van der Waals surface area contributed by atoms with Gasteiger partial charge in [0.05, 0.1) is 22.0 Å². The number of fused-ring (bicyclic) bond motifs is 1. The van der Waals surface area contributed by atoms with Crippen molar-refractivity contribution >= 4 is 28.8 Å². The second-order valence-corrected chi connectivity index (χ2v) is 4.38. The summed E-state index contributed by atoms with van der Waals surface area (Å²) in [6, 6.07) is 9.76. The van der Waals surface area contributed by atoms with Gasteiger partial charge in [-0.05, 0) is 31.2 Å². The zero-order chi connectivity index (χ0) is 14.5. The van der Waals surface area contributed by atoms with E-state index in [0.29, 0.717) is 5.57 Å². The molecule has 0 spiro atoms. The summed E-state index contributed by atoms with van der Waals surface area (Å²) in [5, 5.41) is 2.90. The number of nitrogens with zero attached hydrogens (tertiary/aromatic N) is 1. The number of halogens is 2. The molecule has 1 aliphatic heterocycles. The molecule has 2 heterocycles. The molecule has 102 valence electrons. The van der Waals surface area contributed by atoms with Crippen molar-refractivity contribution in [2.24, 2.45) is 0 Å². The molecule has 20 heavy (non-hydrogen) atoms. The fourth-order valence-corrected chi connectivity index (χ4v) is 1.86. The maximum absolute atomic E-state index is 12.2. The summed E-state index contributed by atoms with van der Waals surface area (Å²) in [4.78, 5) is 15.4. The number of aromatic nitrogens is 1. The molecule has 0 atom stereocenters. The van der Waals surface area contributed by atoms with Crippen molar-refractivity contribution in [1.29, 1.82) is 0 Å². The van der Waals surface area contributed by atoms with E-state index in [9.17, 15) is 9.18 Å². The van der Waals surface area contributed by atoms with Crippen LogP contribution in [0.5, 0.6) is 0 Å². The van der Waals surface area contributed by atoms with E-state index in [2.05, 4.69) is 10.3 Å². The number of amides is 1. The third kappa shape index (κ3) is 3.03. The normalized spacial score (nSPS) is 14.3. The highest BCUT2D eigenvalue weighted by Crippen LogP contribution is 2.28. The van der Waals surface area contributed by atoms with Crippen molar-refractivity contribution in [1.82, 2.24) is 4.98 Å². The van der Waals surface area contributed by atoms with Gasteiger partial charge < -0.3 is 5.32 Å². The van der Waals surface area contributed by atoms with Gasteiger partial charge in [-0.1, -0.05) is 29.8 Å². The Labute approximate surface area is 121 Å². The second-order valence-electron chi connectivity index (χ2n) is 3.97. The Bertz CT molecular complexity index is 649. The van der Waals surface area contributed by atoms with Gasteiger partial charge in [0.2, 0.25) is 0 Å². The standard InChI is InChI=1S/C9H8N2O.C6H4ClF/c1-2-6-8-7(11-9(6)12)4-3-5-10-8;7-5-3-1-2-4-6(5)8/h2-5H,1H3,(H,11,12);1-4H/b6-2+;. The number of carbonyl (C=O) groups excluding carboxylic acids is 1. The first-order valence-corrected chi connectivity index (χ1v) is 6.34. The number of anilines is 1. The van der Waals surface area contributed by atoms with Crippen molar-refractivity contribution in [3.63, 3.8) is 0 Å². The first-order valence-electron chi connectivity index (χ1n) is 5.96. The molecule has 1 N–H and O–H groups in total. The summed E-state index contributed by atoms with van der Waals surface area (Å²) in [6.45, 7) is 1.83.